The summed E-state index contributed by atoms with van der Waals surface area (Å²) in [5, 5.41) is -0.278. The van der Waals surface area contributed by atoms with E-state index in [1.54, 1.807) is 30.5 Å². The Morgan fingerprint density at radius 1 is 0.944 bits per heavy atom. The number of hydrogen-bond acceptors (Lipinski definition) is 8. The minimum atomic E-state index is -4.21. The van der Waals surface area contributed by atoms with Gasteiger partial charge in [-0.15, -0.1) is 0 Å². The fourth-order valence-corrected chi connectivity index (χ4v) is 4.58. The van der Waals surface area contributed by atoms with Crippen molar-refractivity contribution >= 4 is 15.9 Å². The van der Waals surface area contributed by atoms with Gasteiger partial charge in [0, 0.05) is 24.0 Å². The number of sulfonamides is 1. The molecular formula is C26H24N4O5S. The fraction of sp³-hybridized carbons (Fsp3) is 0.154. The van der Waals surface area contributed by atoms with Crippen LogP contribution in [-0.2, 0) is 10.0 Å². The Kier molecular flexibility index (Phi) is 6.98. The molecule has 10 heteroatoms. The molecular weight excluding hydrogens is 480 g/mol. The highest BCUT2D eigenvalue weighted by atomic mass is 32.2. The Bertz CT molecular complexity index is 1500. The number of rotatable bonds is 7. The molecule has 0 spiro atoms. The smallest absolute Gasteiger partial charge is 0.281 e. The van der Waals surface area contributed by atoms with Crippen molar-refractivity contribution in [2.24, 2.45) is 0 Å². The number of carbonyl (C=O) groups is 1. The molecule has 4 aromatic rings. The van der Waals surface area contributed by atoms with E-state index in [1.807, 2.05) is 37.6 Å². The predicted octanol–water partition coefficient (Wildman–Crippen LogP) is 4.38. The van der Waals surface area contributed by atoms with E-state index in [0.29, 0.717) is 22.9 Å². The molecule has 0 aliphatic heterocycles. The molecule has 0 saturated heterocycles. The van der Waals surface area contributed by atoms with Crippen molar-refractivity contribution in [3.63, 3.8) is 0 Å². The van der Waals surface area contributed by atoms with Crippen molar-refractivity contribution in [2.75, 3.05) is 7.11 Å². The van der Waals surface area contributed by atoms with Gasteiger partial charge in [-0.05, 0) is 62.2 Å². The summed E-state index contributed by atoms with van der Waals surface area (Å²) in [7, 11) is -2.69. The van der Waals surface area contributed by atoms with Crippen LogP contribution in [0.1, 0.15) is 27.0 Å². The highest BCUT2D eigenvalue weighted by molar-refractivity contribution is 7.90. The van der Waals surface area contributed by atoms with Crippen LogP contribution in [0.15, 0.2) is 72.0 Å². The number of nitrogens with one attached hydrogen (secondary N) is 1. The van der Waals surface area contributed by atoms with Gasteiger partial charge in [0.05, 0.1) is 12.8 Å². The lowest BCUT2D eigenvalue weighted by atomic mass is 10.1. The van der Waals surface area contributed by atoms with Crippen LogP contribution in [0.3, 0.4) is 0 Å². The summed E-state index contributed by atoms with van der Waals surface area (Å²) in [6.07, 6.45) is 2.91. The summed E-state index contributed by atoms with van der Waals surface area (Å²) in [6.45, 7) is 5.75. The van der Waals surface area contributed by atoms with Gasteiger partial charge in [0.25, 0.3) is 15.9 Å². The maximum absolute atomic E-state index is 13.1. The summed E-state index contributed by atoms with van der Waals surface area (Å²) in [4.78, 5) is 25.7. The second-order valence-electron chi connectivity index (χ2n) is 8.07. The van der Waals surface area contributed by atoms with Gasteiger partial charge < -0.3 is 9.47 Å². The molecule has 4 rings (SSSR count). The van der Waals surface area contributed by atoms with Gasteiger partial charge in [-0.2, -0.15) is 8.42 Å². The lowest BCUT2D eigenvalue weighted by molar-refractivity contribution is 0.0978. The van der Waals surface area contributed by atoms with Crippen LogP contribution in [-0.4, -0.2) is 36.4 Å². The normalized spacial score (nSPS) is 11.1. The second-order valence-corrected chi connectivity index (χ2v) is 9.70. The number of amides is 1. The van der Waals surface area contributed by atoms with Crippen LogP contribution in [0, 0.1) is 20.8 Å². The fourth-order valence-electron chi connectivity index (χ4n) is 3.66. The summed E-state index contributed by atoms with van der Waals surface area (Å²) in [6, 6.07) is 14.8. The molecule has 3 heterocycles. The Morgan fingerprint density at radius 3 is 2.31 bits per heavy atom. The highest BCUT2D eigenvalue weighted by Gasteiger charge is 2.24. The number of benzene rings is 1. The third kappa shape index (κ3) is 5.33. The van der Waals surface area contributed by atoms with E-state index in [4.69, 9.17) is 9.47 Å². The molecule has 0 saturated carbocycles. The van der Waals surface area contributed by atoms with E-state index < -0.39 is 15.9 Å². The highest BCUT2D eigenvalue weighted by Crippen LogP contribution is 2.32. The maximum atomic E-state index is 13.1. The molecule has 184 valence electrons. The lowest BCUT2D eigenvalue weighted by Crippen LogP contribution is -2.31. The molecule has 0 radical (unpaired) electrons. The Morgan fingerprint density at radius 2 is 1.69 bits per heavy atom. The molecule has 0 atom stereocenters. The number of hydrogen-bond donors (Lipinski definition) is 1. The van der Waals surface area contributed by atoms with Gasteiger partial charge in [-0.1, -0.05) is 23.8 Å². The molecule has 0 bridgehead atoms. The number of ether oxygens (including phenoxy) is 2. The van der Waals surface area contributed by atoms with E-state index in [9.17, 15) is 13.2 Å². The van der Waals surface area contributed by atoms with Gasteiger partial charge >= 0.3 is 0 Å². The van der Waals surface area contributed by atoms with Crippen molar-refractivity contribution in [3.8, 4) is 28.8 Å². The van der Waals surface area contributed by atoms with Crippen molar-refractivity contribution in [1.29, 1.82) is 0 Å². The van der Waals surface area contributed by atoms with Gasteiger partial charge in [0.2, 0.25) is 11.8 Å². The van der Waals surface area contributed by atoms with Crippen LogP contribution in [0.2, 0.25) is 0 Å². The monoisotopic (exact) mass is 504 g/mol. The van der Waals surface area contributed by atoms with Crippen molar-refractivity contribution in [3.05, 3.63) is 89.2 Å². The summed E-state index contributed by atoms with van der Waals surface area (Å²) >= 11 is 0. The molecule has 3 aromatic heterocycles. The standard InChI is InChI=1S/C26H24N4O5S/c1-16-13-17(2)24(18(3)14-16)35-26-20(25(31)30-36(32,33)23-7-5-6-12-27-23)9-10-21(29-26)19-8-11-22(34-4)28-15-19/h5-15H,1-4H3,(H,30,31). The number of nitrogens with zero attached hydrogens (tertiary/aromatic N) is 3. The van der Waals surface area contributed by atoms with E-state index >= 15 is 0 Å². The van der Waals surface area contributed by atoms with Gasteiger partial charge in [-0.3, -0.25) is 4.79 Å². The third-order valence-electron chi connectivity index (χ3n) is 5.29. The van der Waals surface area contributed by atoms with Gasteiger partial charge in [0.1, 0.15) is 11.3 Å². The van der Waals surface area contributed by atoms with E-state index in [1.165, 1.54) is 31.5 Å². The molecule has 1 amide bonds. The third-order valence-corrected chi connectivity index (χ3v) is 6.54. The number of aryl methyl sites for hydroxylation is 3. The molecule has 1 N–H and O–H groups in total. The summed E-state index contributed by atoms with van der Waals surface area (Å²) in [5.41, 5.74) is 3.83. The average Bonchev–Trinajstić information content (AvgIpc) is 2.86. The molecule has 0 aliphatic carbocycles. The first-order chi connectivity index (χ1) is 17.2. The number of carbonyl (C=O) groups excluding carboxylic acids is 1. The van der Waals surface area contributed by atoms with E-state index in [0.717, 1.165) is 16.7 Å². The largest absolute Gasteiger partial charge is 0.481 e. The van der Waals surface area contributed by atoms with Gasteiger partial charge in [-0.25, -0.2) is 19.7 Å². The van der Waals surface area contributed by atoms with Crippen LogP contribution < -0.4 is 14.2 Å². The Balaban J connectivity index is 1.77. The number of methoxy groups -OCH3 is 1. The van der Waals surface area contributed by atoms with Crippen molar-refractivity contribution in [2.45, 2.75) is 25.8 Å². The number of pyridine rings is 3. The topological polar surface area (TPSA) is 120 Å². The van der Waals surface area contributed by atoms with Crippen LogP contribution >= 0.6 is 0 Å². The summed E-state index contributed by atoms with van der Waals surface area (Å²) in [5.74, 6) is 0.0219. The Labute approximate surface area is 209 Å². The van der Waals surface area contributed by atoms with Crippen molar-refractivity contribution in [1.82, 2.24) is 19.7 Å². The molecule has 1 aromatic carbocycles. The molecule has 0 aliphatic rings. The summed E-state index contributed by atoms with van der Waals surface area (Å²) < 4.78 is 38.7. The first-order valence-corrected chi connectivity index (χ1v) is 12.4. The van der Waals surface area contributed by atoms with Crippen molar-refractivity contribution < 1.29 is 22.7 Å². The van der Waals surface area contributed by atoms with E-state index in [-0.39, 0.29) is 16.5 Å². The van der Waals surface area contributed by atoms with E-state index in [2.05, 4.69) is 15.0 Å². The van der Waals surface area contributed by atoms with Crippen LogP contribution in [0.4, 0.5) is 0 Å². The number of aromatic nitrogens is 3. The van der Waals surface area contributed by atoms with Gasteiger partial charge in [0.15, 0.2) is 5.03 Å². The zero-order valence-electron chi connectivity index (χ0n) is 20.1. The predicted molar refractivity (Wildman–Crippen MR) is 134 cm³/mol. The molecule has 0 fully saturated rings. The zero-order valence-corrected chi connectivity index (χ0v) is 21.0. The quantitative estimate of drug-likeness (QED) is 0.394. The SMILES string of the molecule is COc1ccc(-c2ccc(C(=O)NS(=O)(=O)c3ccccn3)c(Oc3c(C)cc(C)cc3C)n2)cn1. The first kappa shape index (κ1) is 24.8. The molecule has 9 nitrogen and oxygen atoms in total. The maximum Gasteiger partial charge on any atom is 0.281 e. The van der Waals surface area contributed by atoms with Crippen LogP contribution in [0.25, 0.3) is 11.3 Å². The first-order valence-electron chi connectivity index (χ1n) is 10.9. The Hall–Kier alpha value is -4.31. The second kappa shape index (κ2) is 10.1. The molecule has 0 unspecified atom stereocenters. The zero-order chi connectivity index (χ0) is 25.9. The minimum Gasteiger partial charge on any atom is -0.481 e. The van der Waals surface area contributed by atoms with Crippen LogP contribution in [0.5, 0.6) is 17.5 Å². The molecule has 36 heavy (non-hydrogen) atoms. The minimum absolute atomic E-state index is 0.0490. The average molecular weight is 505 g/mol. The lowest BCUT2D eigenvalue weighted by Gasteiger charge is -2.16.